The molecule has 0 fully saturated rings. The monoisotopic (exact) mass is 354 g/mol. The van der Waals surface area contributed by atoms with Crippen molar-refractivity contribution in [1.82, 2.24) is 0 Å². The lowest BCUT2D eigenvalue weighted by Gasteiger charge is -2.30. The van der Waals surface area contributed by atoms with Crippen molar-refractivity contribution in [1.29, 1.82) is 0 Å². The molecule has 136 valence electrons. The minimum atomic E-state index is -0.500. The Kier molecular flexibility index (Phi) is 5.21. The Morgan fingerprint density at radius 3 is 2.38 bits per heavy atom. The summed E-state index contributed by atoms with van der Waals surface area (Å²) in [5.41, 5.74) is 0.525. The van der Waals surface area contributed by atoms with E-state index in [0.29, 0.717) is 11.4 Å². The first-order chi connectivity index (χ1) is 12.5. The van der Waals surface area contributed by atoms with E-state index in [9.17, 15) is 14.4 Å². The maximum Gasteiger partial charge on any atom is 0.412 e. The van der Waals surface area contributed by atoms with E-state index in [2.05, 4.69) is 17.5 Å². The maximum absolute atomic E-state index is 12.2. The number of hydrogen-bond acceptors (Lipinski definition) is 4. The molecule has 2 aliphatic rings. The summed E-state index contributed by atoms with van der Waals surface area (Å²) in [6.07, 6.45) is 10.8. The van der Waals surface area contributed by atoms with Crippen LogP contribution in [0.1, 0.15) is 39.0 Å². The van der Waals surface area contributed by atoms with Gasteiger partial charge in [-0.2, -0.15) is 0 Å². The van der Waals surface area contributed by atoms with Gasteiger partial charge in [0.2, 0.25) is 0 Å². The molecular formula is C20H22N2O4. The van der Waals surface area contributed by atoms with Gasteiger partial charge in [0.1, 0.15) is 5.60 Å². The van der Waals surface area contributed by atoms with E-state index in [0.717, 1.165) is 37.0 Å². The number of ether oxygens (including phenoxy) is 1. The lowest BCUT2D eigenvalue weighted by molar-refractivity contribution is -0.119. The number of carbonyl (C=O) groups is 3. The van der Waals surface area contributed by atoms with Crippen LogP contribution in [-0.4, -0.2) is 23.5 Å². The summed E-state index contributed by atoms with van der Waals surface area (Å²) < 4.78 is 5.67. The van der Waals surface area contributed by atoms with Crippen LogP contribution in [0, 0.1) is 0 Å². The topological polar surface area (TPSA) is 75.7 Å². The van der Waals surface area contributed by atoms with Crippen molar-refractivity contribution < 1.29 is 19.1 Å². The van der Waals surface area contributed by atoms with Crippen molar-refractivity contribution >= 4 is 29.3 Å². The van der Waals surface area contributed by atoms with Crippen LogP contribution in [-0.2, 0) is 14.3 Å². The van der Waals surface area contributed by atoms with E-state index in [-0.39, 0.29) is 11.8 Å². The molecule has 3 amide bonds. The Labute approximate surface area is 152 Å². The van der Waals surface area contributed by atoms with Crippen LogP contribution in [0.15, 0.2) is 48.6 Å². The molecule has 0 bridgehead atoms. The zero-order valence-electron chi connectivity index (χ0n) is 14.7. The SMILES string of the molecule is CC1(OC(=O)Nc2ccc(N3C(=O)C=CC3=O)cc2)CC/C=C/CCC1. The average Bonchev–Trinajstić information content (AvgIpc) is 2.91. The van der Waals surface area contributed by atoms with E-state index in [1.165, 1.54) is 12.2 Å². The first-order valence-electron chi connectivity index (χ1n) is 8.78. The van der Waals surface area contributed by atoms with Gasteiger partial charge in [-0.15, -0.1) is 0 Å². The van der Waals surface area contributed by atoms with Gasteiger partial charge in [0.15, 0.2) is 0 Å². The second-order valence-corrected chi connectivity index (χ2v) is 6.76. The lowest BCUT2D eigenvalue weighted by Crippen LogP contribution is -2.34. The van der Waals surface area contributed by atoms with Gasteiger partial charge in [0, 0.05) is 17.8 Å². The van der Waals surface area contributed by atoms with Gasteiger partial charge in [-0.3, -0.25) is 14.9 Å². The molecule has 6 heteroatoms. The molecule has 0 radical (unpaired) electrons. The summed E-state index contributed by atoms with van der Waals surface area (Å²) in [6, 6.07) is 6.50. The third-order valence-electron chi connectivity index (χ3n) is 4.60. The highest BCUT2D eigenvalue weighted by Gasteiger charge is 2.28. The largest absolute Gasteiger partial charge is 0.443 e. The summed E-state index contributed by atoms with van der Waals surface area (Å²) in [6.45, 7) is 1.96. The number of rotatable bonds is 3. The highest BCUT2D eigenvalue weighted by Crippen LogP contribution is 2.28. The van der Waals surface area contributed by atoms with Crippen LogP contribution in [0.2, 0.25) is 0 Å². The zero-order chi connectivity index (χ0) is 18.6. The Morgan fingerprint density at radius 2 is 1.69 bits per heavy atom. The fraction of sp³-hybridized carbons (Fsp3) is 0.350. The molecule has 1 aromatic carbocycles. The van der Waals surface area contributed by atoms with Crippen molar-refractivity contribution in [2.75, 3.05) is 10.2 Å². The van der Waals surface area contributed by atoms with Crippen LogP contribution in [0.4, 0.5) is 16.2 Å². The first-order valence-corrected chi connectivity index (χ1v) is 8.78. The minimum absolute atomic E-state index is 0.374. The summed E-state index contributed by atoms with van der Waals surface area (Å²) in [4.78, 5) is 36.7. The molecule has 1 aromatic rings. The standard InChI is InChI=1S/C20H22N2O4/c1-20(13-5-3-2-4-6-14-20)26-19(25)21-15-7-9-16(10-8-15)22-17(23)11-12-18(22)24/h2-3,7-12H,4-6,13-14H2,1H3,(H,21,25)/b3-2+. The molecule has 0 saturated heterocycles. The van der Waals surface area contributed by atoms with E-state index in [1.807, 2.05) is 6.92 Å². The Morgan fingerprint density at radius 1 is 1.04 bits per heavy atom. The predicted molar refractivity (Wildman–Crippen MR) is 98.8 cm³/mol. The Balaban J connectivity index is 1.60. The number of benzene rings is 1. The van der Waals surface area contributed by atoms with Crippen LogP contribution in [0.5, 0.6) is 0 Å². The molecule has 1 atom stereocenters. The van der Waals surface area contributed by atoms with E-state index < -0.39 is 11.7 Å². The van der Waals surface area contributed by atoms with E-state index in [1.54, 1.807) is 24.3 Å². The Bertz CT molecular complexity index is 749. The summed E-state index contributed by atoms with van der Waals surface area (Å²) in [5.74, 6) is -0.747. The molecule has 1 aliphatic heterocycles. The maximum atomic E-state index is 12.2. The smallest absolute Gasteiger partial charge is 0.412 e. The lowest BCUT2D eigenvalue weighted by atomic mass is 9.91. The number of allylic oxidation sites excluding steroid dienone is 2. The zero-order valence-corrected chi connectivity index (χ0v) is 14.7. The van der Waals surface area contributed by atoms with Crippen molar-refractivity contribution in [2.24, 2.45) is 0 Å². The number of anilines is 2. The fourth-order valence-electron chi connectivity index (χ4n) is 3.16. The molecule has 1 aliphatic carbocycles. The van der Waals surface area contributed by atoms with E-state index >= 15 is 0 Å². The molecule has 0 saturated carbocycles. The van der Waals surface area contributed by atoms with Crippen LogP contribution in [0.3, 0.4) is 0 Å². The molecular weight excluding hydrogens is 332 g/mol. The van der Waals surface area contributed by atoms with Crippen molar-refractivity contribution in [2.45, 2.75) is 44.6 Å². The van der Waals surface area contributed by atoms with Gasteiger partial charge in [-0.05, 0) is 63.3 Å². The number of carbonyl (C=O) groups excluding carboxylic acids is 3. The predicted octanol–water partition coefficient (Wildman–Crippen LogP) is 3.94. The quantitative estimate of drug-likeness (QED) is 0.659. The molecule has 3 rings (SSSR count). The molecule has 1 heterocycles. The number of imide groups is 1. The summed E-state index contributed by atoms with van der Waals surface area (Å²) in [7, 11) is 0. The fourth-order valence-corrected chi connectivity index (χ4v) is 3.16. The summed E-state index contributed by atoms with van der Waals surface area (Å²) in [5, 5.41) is 2.71. The third kappa shape index (κ3) is 4.20. The second-order valence-electron chi connectivity index (χ2n) is 6.76. The van der Waals surface area contributed by atoms with Gasteiger partial charge >= 0.3 is 6.09 Å². The number of hydrogen-bond donors (Lipinski definition) is 1. The normalized spacial score (nSPS) is 24.1. The van der Waals surface area contributed by atoms with Crippen LogP contribution < -0.4 is 10.2 Å². The molecule has 0 aromatic heterocycles. The minimum Gasteiger partial charge on any atom is -0.443 e. The van der Waals surface area contributed by atoms with Gasteiger partial charge in [-0.25, -0.2) is 9.69 Å². The van der Waals surface area contributed by atoms with Crippen molar-refractivity contribution in [3.05, 3.63) is 48.6 Å². The van der Waals surface area contributed by atoms with Gasteiger partial charge in [0.25, 0.3) is 11.8 Å². The molecule has 1 unspecified atom stereocenters. The molecule has 1 N–H and O–H groups in total. The van der Waals surface area contributed by atoms with Crippen LogP contribution >= 0.6 is 0 Å². The third-order valence-corrected chi connectivity index (χ3v) is 4.60. The first kappa shape index (κ1) is 17.9. The number of nitrogens with zero attached hydrogens (tertiary/aromatic N) is 1. The van der Waals surface area contributed by atoms with Gasteiger partial charge in [0.05, 0.1) is 5.69 Å². The van der Waals surface area contributed by atoms with Crippen molar-refractivity contribution in [3.63, 3.8) is 0 Å². The van der Waals surface area contributed by atoms with E-state index in [4.69, 9.17) is 4.74 Å². The number of amides is 3. The summed E-state index contributed by atoms with van der Waals surface area (Å²) >= 11 is 0. The van der Waals surface area contributed by atoms with Crippen LogP contribution in [0.25, 0.3) is 0 Å². The second kappa shape index (κ2) is 7.56. The highest BCUT2D eigenvalue weighted by molar-refractivity contribution is 6.28. The Hall–Kier alpha value is -2.89. The average molecular weight is 354 g/mol. The number of nitrogens with one attached hydrogen (secondary N) is 1. The molecule has 6 nitrogen and oxygen atoms in total. The van der Waals surface area contributed by atoms with Gasteiger partial charge in [-0.1, -0.05) is 12.2 Å². The highest BCUT2D eigenvalue weighted by atomic mass is 16.6. The molecule has 0 spiro atoms. The van der Waals surface area contributed by atoms with Gasteiger partial charge < -0.3 is 4.74 Å². The molecule has 26 heavy (non-hydrogen) atoms. The van der Waals surface area contributed by atoms with Crippen molar-refractivity contribution in [3.8, 4) is 0 Å².